The van der Waals surface area contributed by atoms with E-state index < -0.39 is 28.8 Å². The van der Waals surface area contributed by atoms with Crippen LogP contribution in [-0.2, 0) is 16.8 Å². The molecule has 4 aromatic carbocycles. The molecule has 0 saturated carbocycles. The third-order valence-electron chi connectivity index (χ3n) is 8.51. The van der Waals surface area contributed by atoms with Crippen LogP contribution in [0.5, 0.6) is 0 Å². The van der Waals surface area contributed by atoms with E-state index in [2.05, 4.69) is 20.3 Å². The first-order valence-electron chi connectivity index (χ1n) is 15.1. The van der Waals surface area contributed by atoms with Crippen molar-refractivity contribution in [2.75, 3.05) is 0 Å². The van der Waals surface area contributed by atoms with Crippen LogP contribution >= 0.6 is 0 Å². The van der Waals surface area contributed by atoms with Crippen molar-refractivity contribution in [3.05, 3.63) is 183 Å². The zero-order valence-corrected chi connectivity index (χ0v) is 25.1. The molecule has 0 aliphatic heterocycles. The molecule has 0 saturated heterocycles. The van der Waals surface area contributed by atoms with Crippen LogP contribution in [0.25, 0.3) is 27.5 Å². The molecule has 0 fully saturated rings. The topological polar surface area (TPSA) is 130 Å². The third-order valence-corrected chi connectivity index (χ3v) is 8.51. The molecular formula is C38H29N5O4. The van der Waals surface area contributed by atoms with Crippen LogP contribution in [0.2, 0.25) is 0 Å². The molecule has 0 aliphatic rings. The standard InChI is InChI=1S/C38H29N5O4/c44-35-30-20-22-39-24-32(30)41-37(47)43(35)33-19-18-25(29-17-10-21-40-34(29)33)23-31(36(45)46)42-38(26-11-4-1-5-12-26,27-13-6-2-7-14-27)28-15-8-3-9-16-28/h1-22,24,31,42H,23H2,(H,41,47)(H,45,46)/t31-/m0/s1. The predicted octanol–water partition coefficient (Wildman–Crippen LogP) is 5.20. The van der Waals surface area contributed by atoms with E-state index in [9.17, 15) is 19.5 Å². The highest BCUT2D eigenvalue weighted by atomic mass is 16.4. The van der Waals surface area contributed by atoms with E-state index in [1.165, 1.54) is 12.4 Å². The quantitative estimate of drug-likeness (QED) is 0.190. The molecule has 0 amide bonds. The van der Waals surface area contributed by atoms with Gasteiger partial charge in [0.2, 0.25) is 0 Å². The monoisotopic (exact) mass is 619 g/mol. The number of carboxylic acid groups (broad SMARTS) is 1. The Morgan fingerprint density at radius 3 is 1.98 bits per heavy atom. The Morgan fingerprint density at radius 2 is 1.38 bits per heavy atom. The first-order valence-corrected chi connectivity index (χ1v) is 15.1. The summed E-state index contributed by atoms with van der Waals surface area (Å²) in [6.45, 7) is 0. The number of nitrogens with one attached hydrogen (secondary N) is 2. The SMILES string of the molecule is O=C(O)[C@H](Cc1ccc(-n2c(=O)[nH]c3cnccc3c2=O)c2ncccc12)NC(c1ccccc1)(c1ccccc1)c1ccccc1. The van der Waals surface area contributed by atoms with Crippen molar-refractivity contribution in [2.45, 2.75) is 18.0 Å². The fourth-order valence-corrected chi connectivity index (χ4v) is 6.35. The minimum Gasteiger partial charge on any atom is -0.480 e. The highest BCUT2D eigenvalue weighted by molar-refractivity contribution is 5.90. The average Bonchev–Trinajstić information content (AvgIpc) is 3.12. The van der Waals surface area contributed by atoms with Gasteiger partial charge in [0.1, 0.15) is 6.04 Å². The van der Waals surface area contributed by atoms with Crippen LogP contribution in [0, 0.1) is 0 Å². The first kappa shape index (κ1) is 29.5. The zero-order valence-electron chi connectivity index (χ0n) is 25.1. The Kier molecular flexibility index (Phi) is 7.73. The normalized spacial score (nSPS) is 12.3. The molecule has 0 spiro atoms. The lowest BCUT2D eigenvalue weighted by Crippen LogP contribution is -2.53. The Balaban J connectivity index is 1.37. The molecule has 3 N–H and O–H groups in total. The largest absolute Gasteiger partial charge is 0.480 e. The van der Waals surface area contributed by atoms with Crippen molar-refractivity contribution in [3.63, 3.8) is 0 Å². The number of rotatable bonds is 9. The van der Waals surface area contributed by atoms with Gasteiger partial charge in [-0.3, -0.25) is 24.9 Å². The van der Waals surface area contributed by atoms with Gasteiger partial charge >= 0.3 is 11.7 Å². The van der Waals surface area contributed by atoms with Gasteiger partial charge in [-0.05, 0) is 46.9 Å². The summed E-state index contributed by atoms with van der Waals surface area (Å²) < 4.78 is 1.06. The molecule has 0 aliphatic carbocycles. The molecule has 9 heteroatoms. The van der Waals surface area contributed by atoms with Crippen molar-refractivity contribution >= 4 is 27.8 Å². The van der Waals surface area contributed by atoms with Crippen LogP contribution in [-0.4, -0.2) is 36.6 Å². The van der Waals surface area contributed by atoms with Crippen molar-refractivity contribution in [3.8, 4) is 5.69 Å². The third kappa shape index (κ3) is 5.28. The molecule has 0 radical (unpaired) electrons. The second-order valence-corrected chi connectivity index (χ2v) is 11.2. The summed E-state index contributed by atoms with van der Waals surface area (Å²) in [6.07, 6.45) is 4.59. The number of nitrogens with zero attached hydrogens (tertiary/aromatic N) is 3. The predicted molar refractivity (Wildman–Crippen MR) is 181 cm³/mol. The number of hydrogen-bond acceptors (Lipinski definition) is 6. The number of benzene rings is 4. The van der Waals surface area contributed by atoms with Crippen LogP contribution in [0.15, 0.2) is 150 Å². The van der Waals surface area contributed by atoms with Gasteiger partial charge in [-0.1, -0.05) is 103 Å². The minimum atomic E-state index is -1.07. The first-order chi connectivity index (χ1) is 23.0. The fourth-order valence-electron chi connectivity index (χ4n) is 6.35. The fraction of sp³-hybridized carbons (Fsp3) is 0.0789. The molecule has 230 valence electrons. The van der Waals surface area contributed by atoms with E-state index in [-0.39, 0.29) is 6.42 Å². The van der Waals surface area contributed by atoms with E-state index >= 15 is 0 Å². The number of H-pyrrole nitrogens is 1. The van der Waals surface area contributed by atoms with Gasteiger partial charge in [-0.25, -0.2) is 9.36 Å². The lowest BCUT2D eigenvalue weighted by molar-refractivity contribution is -0.139. The highest BCUT2D eigenvalue weighted by Gasteiger charge is 2.40. The number of aromatic nitrogens is 4. The molecule has 47 heavy (non-hydrogen) atoms. The summed E-state index contributed by atoms with van der Waals surface area (Å²) in [6, 6.07) is 36.9. The van der Waals surface area contributed by atoms with Crippen molar-refractivity contribution in [1.29, 1.82) is 0 Å². The van der Waals surface area contributed by atoms with E-state index in [1.807, 2.05) is 97.1 Å². The molecule has 7 rings (SSSR count). The smallest absolute Gasteiger partial charge is 0.333 e. The average molecular weight is 620 g/mol. The molecule has 7 aromatic rings. The highest BCUT2D eigenvalue weighted by Crippen LogP contribution is 2.38. The lowest BCUT2D eigenvalue weighted by atomic mass is 9.76. The summed E-state index contributed by atoms with van der Waals surface area (Å²) >= 11 is 0. The maximum Gasteiger partial charge on any atom is 0.333 e. The van der Waals surface area contributed by atoms with E-state index in [0.29, 0.717) is 33.1 Å². The number of hydrogen-bond donors (Lipinski definition) is 3. The van der Waals surface area contributed by atoms with Crippen LogP contribution < -0.4 is 16.6 Å². The van der Waals surface area contributed by atoms with Gasteiger partial charge in [0.05, 0.1) is 33.8 Å². The number of carboxylic acids is 1. The molecule has 9 nitrogen and oxygen atoms in total. The number of pyridine rings is 2. The Morgan fingerprint density at radius 1 is 0.766 bits per heavy atom. The summed E-state index contributed by atoms with van der Waals surface area (Å²) in [5, 5.41) is 15.3. The molecule has 3 aromatic heterocycles. The van der Waals surface area contributed by atoms with Crippen molar-refractivity contribution in [1.82, 2.24) is 24.8 Å². The second-order valence-electron chi connectivity index (χ2n) is 11.2. The molecule has 1 atom stereocenters. The van der Waals surface area contributed by atoms with Crippen LogP contribution in [0.3, 0.4) is 0 Å². The van der Waals surface area contributed by atoms with Gasteiger partial charge in [-0.2, -0.15) is 0 Å². The van der Waals surface area contributed by atoms with Crippen LogP contribution in [0.1, 0.15) is 22.3 Å². The molecule has 3 heterocycles. The lowest BCUT2D eigenvalue weighted by Gasteiger charge is -2.39. The Hall–Kier alpha value is -6.19. The maximum absolute atomic E-state index is 13.5. The van der Waals surface area contributed by atoms with E-state index in [1.54, 1.807) is 30.5 Å². The summed E-state index contributed by atoms with van der Waals surface area (Å²) in [5.74, 6) is -1.03. The van der Waals surface area contributed by atoms with Gasteiger partial charge in [0.25, 0.3) is 5.56 Å². The minimum absolute atomic E-state index is 0.0840. The summed E-state index contributed by atoms with van der Waals surface area (Å²) in [7, 11) is 0. The number of carbonyl (C=O) groups is 1. The van der Waals surface area contributed by atoms with Crippen molar-refractivity contribution < 1.29 is 9.90 Å². The second kappa shape index (κ2) is 12.3. The summed E-state index contributed by atoms with van der Waals surface area (Å²) in [5.41, 5.74) is 2.23. The number of aliphatic carboxylic acids is 1. The van der Waals surface area contributed by atoms with Gasteiger partial charge < -0.3 is 10.1 Å². The van der Waals surface area contributed by atoms with E-state index in [0.717, 1.165) is 21.3 Å². The number of fused-ring (bicyclic) bond motifs is 2. The van der Waals surface area contributed by atoms with Gasteiger partial charge in [0.15, 0.2) is 0 Å². The zero-order chi connectivity index (χ0) is 32.4. The summed E-state index contributed by atoms with van der Waals surface area (Å²) in [4.78, 5) is 51.1. The Bertz CT molecular complexity index is 2240. The van der Waals surface area contributed by atoms with Crippen LogP contribution in [0.4, 0.5) is 0 Å². The maximum atomic E-state index is 13.5. The van der Waals surface area contributed by atoms with Gasteiger partial charge in [-0.15, -0.1) is 0 Å². The molecular weight excluding hydrogens is 590 g/mol. The molecule has 0 bridgehead atoms. The van der Waals surface area contributed by atoms with E-state index in [4.69, 9.17) is 0 Å². The Labute approximate surface area is 268 Å². The number of aromatic amines is 1. The van der Waals surface area contributed by atoms with Crippen molar-refractivity contribution in [2.24, 2.45) is 0 Å². The molecule has 0 unspecified atom stereocenters. The van der Waals surface area contributed by atoms with Gasteiger partial charge in [0, 0.05) is 17.8 Å².